The fourth-order valence-corrected chi connectivity index (χ4v) is 2.35. The normalized spacial score (nSPS) is 18.7. The summed E-state index contributed by atoms with van der Waals surface area (Å²) in [7, 11) is 1.58. The number of ether oxygens (including phenoxy) is 1. The summed E-state index contributed by atoms with van der Waals surface area (Å²) in [4.78, 5) is 25.4. The first-order valence-corrected chi connectivity index (χ1v) is 7.08. The molecule has 0 unspecified atom stereocenters. The number of carboxylic acids is 1. The molecule has 0 aromatic carbocycles. The summed E-state index contributed by atoms with van der Waals surface area (Å²) in [6.45, 7) is 5.79. The van der Waals surface area contributed by atoms with Crippen molar-refractivity contribution in [1.29, 1.82) is 0 Å². The minimum Gasteiger partial charge on any atom is -0.480 e. The van der Waals surface area contributed by atoms with E-state index in [1.807, 2.05) is 0 Å². The molecule has 1 aliphatic heterocycles. The quantitative estimate of drug-likeness (QED) is 0.856. The lowest BCUT2D eigenvalue weighted by Crippen LogP contribution is -2.50. The summed E-state index contributed by atoms with van der Waals surface area (Å²) < 4.78 is 19.9. The third-order valence-corrected chi connectivity index (χ3v) is 3.27. The van der Waals surface area contributed by atoms with Gasteiger partial charge in [0.2, 0.25) is 0 Å². The minimum absolute atomic E-state index is 0.0570. The number of likely N-dealkylation sites (tertiary alicyclic amines) is 1. The number of alkyl halides is 1. The predicted octanol–water partition coefficient (Wildman–Crippen LogP) is 1.74. The molecule has 0 aromatic rings. The zero-order valence-corrected chi connectivity index (χ0v) is 13.2. The lowest BCUT2D eigenvalue weighted by molar-refractivity contribution is -0.138. The highest BCUT2D eigenvalue weighted by Crippen LogP contribution is 2.28. The number of rotatable bonds is 4. The maximum Gasteiger partial charge on any atom is 0.410 e. The average molecular weight is 304 g/mol. The van der Waals surface area contributed by atoms with E-state index in [-0.39, 0.29) is 39.0 Å². The summed E-state index contributed by atoms with van der Waals surface area (Å²) in [5.74, 6) is -0.979. The van der Waals surface area contributed by atoms with Crippen LogP contribution in [0.25, 0.3) is 0 Å². The van der Waals surface area contributed by atoms with Crippen LogP contribution in [0, 0.1) is 0 Å². The third-order valence-electron chi connectivity index (χ3n) is 3.27. The summed E-state index contributed by atoms with van der Waals surface area (Å²) in [6, 6.07) is 0. The van der Waals surface area contributed by atoms with Crippen LogP contribution in [-0.2, 0) is 9.53 Å². The molecule has 0 atom stereocenters. The Morgan fingerprint density at radius 3 is 2.29 bits per heavy atom. The van der Waals surface area contributed by atoms with E-state index in [2.05, 4.69) is 0 Å². The summed E-state index contributed by atoms with van der Waals surface area (Å²) in [5.41, 5.74) is -2.02. The van der Waals surface area contributed by atoms with Crippen LogP contribution in [0.15, 0.2) is 0 Å². The monoisotopic (exact) mass is 304 g/mol. The van der Waals surface area contributed by atoms with Gasteiger partial charge < -0.3 is 14.7 Å². The van der Waals surface area contributed by atoms with E-state index in [0.29, 0.717) is 0 Å². The Labute approximate surface area is 124 Å². The summed E-state index contributed by atoms with van der Waals surface area (Å²) >= 11 is 0. The SMILES string of the molecule is CN(CC(=O)O)CC1(F)CCN(C(=O)OC(C)(C)C)CC1. The largest absolute Gasteiger partial charge is 0.480 e. The fourth-order valence-electron chi connectivity index (χ4n) is 2.35. The van der Waals surface area contributed by atoms with Gasteiger partial charge in [0.05, 0.1) is 6.54 Å². The van der Waals surface area contributed by atoms with Crippen molar-refractivity contribution < 1.29 is 23.8 Å². The standard InChI is InChI=1S/C14H25FN2O4/c1-13(2,3)21-12(20)17-7-5-14(15,6-8-17)10-16(4)9-11(18)19/h5-10H2,1-4H3,(H,18,19). The Morgan fingerprint density at radius 2 is 1.86 bits per heavy atom. The van der Waals surface area contributed by atoms with E-state index < -0.39 is 23.3 Å². The van der Waals surface area contributed by atoms with Gasteiger partial charge in [0, 0.05) is 32.5 Å². The third kappa shape index (κ3) is 6.29. The first kappa shape index (κ1) is 17.7. The molecule has 0 aromatic heterocycles. The predicted molar refractivity (Wildman–Crippen MR) is 76.0 cm³/mol. The zero-order chi connectivity index (χ0) is 16.3. The van der Waals surface area contributed by atoms with Gasteiger partial charge in [-0.25, -0.2) is 9.18 Å². The number of nitrogens with zero attached hydrogens (tertiary/aromatic N) is 2. The second-order valence-electron chi connectivity index (χ2n) is 6.68. The smallest absolute Gasteiger partial charge is 0.410 e. The molecule has 0 saturated carbocycles. The number of halogens is 1. The van der Waals surface area contributed by atoms with Crippen LogP contribution in [0.2, 0.25) is 0 Å². The van der Waals surface area contributed by atoms with Crippen LogP contribution in [-0.4, -0.2) is 71.5 Å². The number of hydrogen-bond acceptors (Lipinski definition) is 4. The van der Waals surface area contributed by atoms with Gasteiger partial charge in [-0.1, -0.05) is 0 Å². The van der Waals surface area contributed by atoms with Gasteiger partial charge in [0.1, 0.15) is 11.3 Å². The minimum atomic E-state index is -1.46. The number of carbonyl (C=O) groups excluding carboxylic acids is 1. The summed E-state index contributed by atoms with van der Waals surface area (Å²) in [6.07, 6.45) is -0.0460. The molecule has 1 heterocycles. The van der Waals surface area contributed by atoms with Crippen molar-refractivity contribution in [3.8, 4) is 0 Å². The maximum absolute atomic E-state index is 14.6. The van der Waals surface area contributed by atoms with Crippen LogP contribution in [0.4, 0.5) is 9.18 Å². The number of carboxylic acid groups (broad SMARTS) is 1. The molecule has 1 aliphatic rings. The molecule has 6 nitrogen and oxygen atoms in total. The van der Waals surface area contributed by atoms with E-state index in [9.17, 15) is 14.0 Å². The van der Waals surface area contributed by atoms with Gasteiger partial charge in [-0.15, -0.1) is 0 Å². The molecule has 1 rings (SSSR count). The number of hydrogen-bond donors (Lipinski definition) is 1. The van der Waals surface area contributed by atoms with Crippen LogP contribution >= 0.6 is 0 Å². The van der Waals surface area contributed by atoms with Gasteiger partial charge >= 0.3 is 12.1 Å². The molecule has 122 valence electrons. The lowest BCUT2D eigenvalue weighted by Gasteiger charge is -2.38. The van der Waals surface area contributed by atoms with Gasteiger partial charge in [-0.05, 0) is 27.8 Å². The number of aliphatic carboxylic acids is 1. The highest BCUT2D eigenvalue weighted by molar-refractivity contribution is 5.69. The molecule has 1 amide bonds. The summed E-state index contributed by atoms with van der Waals surface area (Å²) in [5, 5.41) is 8.69. The molecular formula is C14H25FN2O4. The second-order valence-corrected chi connectivity index (χ2v) is 6.68. The van der Waals surface area contributed by atoms with Crippen molar-refractivity contribution in [2.75, 3.05) is 33.2 Å². The fraction of sp³-hybridized carbons (Fsp3) is 0.857. The average Bonchev–Trinajstić information content (AvgIpc) is 2.25. The highest BCUT2D eigenvalue weighted by atomic mass is 19.1. The Balaban J connectivity index is 2.47. The van der Waals surface area contributed by atoms with Crippen LogP contribution in [0.3, 0.4) is 0 Å². The van der Waals surface area contributed by atoms with Crippen molar-refractivity contribution in [2.45, 2.75) is 44.9 Å². The Morgan fingerprint density at radius 1 is 1.33 bits per heavy atom. The van der Waals surface area contributed by atoms with E-state index in [1.54, 1.807) is 27.8 Å². The zero-order valence-electron chi connectivity index (χ0n) is 13.2. The molecule has 0 spiro atoms. The van der Waals surface area contributed by atoms with Gasteiger partial charge in [0.15, 0.2) is 0 Å². The Bertz CT molecular complexity index is 387. The highest BCUT2D eigenvalue weighted by Gasteiger charge is 2.38. The van der Waals surface area contributed by atoms with Crippen LogP contribution in [0.5, 0.6) is 0 Å². The van der Waals surface area contributed by atoms with Gasteiger partial charge in [-0.3, -0.25) is 9.69 Å². The van der Waals surface area contributed by atoms with E-state index >= 15 is 0 Å². The van der Waals surface area contributed by atoms with Crippen molar-refractivity contribution in [3.05, 3.63) is 0 Å². The number of likely N-dealkylation sites (N-methyl/N-ethyl adjacent to an activating group) is 1. The van der Waals surface area contributed by atoms with Gasteiger partial charge in [0.25, 0.3) is 0 Å². The Hall–Kier alpha value is -1.37. The van der Waals surface area contributed by atoms with Crippen molar-refractivity contribution in [3.63, 3.8) is 0 Å². The number of piperidine rings is 1. The molecule has 1 fully saturated rings. The molecule has 0 radical (unpaired) electrons. The molecule has 1 N–H and O–H groups in total. The van der Waals surface area contributed by atoms with Crippen LogP contribution < -0.4 is 0 Å². The van der Waals surface area contributed by atoms with Crippen molar-refractivity contribution in [1.82, 2.24) is 9.80 Å². The first-order chi connectivity index (χ1) is 9.51. The second kappa shape index (κ2) is 6.60. The van der Waals surface area contributed by atoms with E-state index in [0.717, 1.165) is 0 Å². The van der Waals surface area contributed by atoms with E-state index in [4.69, 9.17) is 9.84 Å². The van der Waals surface area contributed by atoms with E-state index in [1.165, 1.54) is 9.80 Å². The lowest BCUT2D eigenvalue weighted by atomic mass is 9.93. The number of carbonyl (C=O) groups is 2. The van der Waals surface area contributed by atoms with Crippen LogP contribution in [0.1, 0.15) is 33.6 Å². The topological polar surface area (TPSA) is 70.1 Å². The number of amides is 1. The maximum atomic E-state index is 14.6. The molecule has 7 heteroatoms. The molecular weight excluding hydrogens is 279 g/mol. The van der Waals surface area contributed by atoms with Gasteiger partial charge in [-0.2, -0.15) is 0 Å². The first-order valence-electron chi connectivity index (χ1n) is 7.08. The molecule has 0 bridgehead atoms. The molecule has 21 heavy (non-hydrogen) atoms. The molecule has 1 saturated heterocycles. The Kier molecular flexibility index (Phi) is 5.55. The van der Waals surface area contributed by atoms with Crippen molar-refractivity contribution in [2.24, 2.45) is 0 Å². The molecule has 0 aliphatic carbocycles. The van der Waals surface area contributed by atoms with Crippen molar-refractivity contribution >= 4 is 12.1 Å².